The van der Waals surface area contributed by atoms with Crippen LogP contribution in [0.3, 0.4) is 0 Å². The van der Waals surface area contributed by atoms with Crippen molar-refractivity contribution in [1.82, 2.24) is 20.0 Å². The van der Waals surface area contributed by atoms with Crippen LogP contribution in [0.4, 0.5) is 5.82 Å². The summed E-state index contributed by atoms with van der Waals surface area (Å²) in [4.78, 5) is 5.01. The molecule has 2 saturated heterocycles. The first kappa shape index (κ1) is 30.9. The summed E-state index contributed by atoms with van der Waals surface area (Å²) in [5.41, 5.74) is 3.17. The average molecular weight is 604 g/mol. The van der Waals surface area contributed by atoms with Crippen molar-refractivity contribution in [2.24, 2.45) is 0 Å². The number of piperidine rings is 1. The lowest BCUT2D eigenvalue weighted by molar-refractivity contribution is 0.211. The zero-order valence-corrected chi connectivity index (χ0v) is 25.9. The molecule has 2 aliphatic heterocycles. The van der Waals surface area contributed by atoms with Crippen LogP contribution in [0.15, 0.2) is 66.7 Å². The summed E-state index contributed by atoms with van der Waals surface area (Å²) < 4.78 is 16.9. The Balaban J connectivity index is 0.00000368. The number of aromatic nitrogens is 2. The van der Waals surface area contributed by atoms with E-state index in [-0.39, 0.29) is 12.4 Å². The molecule has 0 amide bonds. The Morgan fingerprint density at radius 3 is 2.12 bits per heavy atom. The van der Waals surface area contributed by atoms with E-state index < -0.39 is 0 Å². The number of halogens is 1. The minimum atomic E-state index is 0. The van der Waals surface area contributed by atoms with Crippen LogP contribution >= 0.6 is 12.4 Å². The van der Waals surface area contributed by atoms with Gasteiger partial charge in [-0.2, -0.15) is 0 Å². The second kappa shape index (κ2) is 14.7. The summed E-state index contributed by atoms with van der Waals surface area (Å²) in [6, 6.07) is 23.0. The maximum Gasteiger partial charge on any atom is 0.156 e. The van der Waals surface area contributed by atoms with E-state index in [9.17, 15) is 0 Å². The minimum Gasteiger partial charge on any atom is -0.497 e. The van der Waals surface area contributed by atoms with Gasteiger partial charge in [-0.3, -0.25) is 9.80 Å². The van der Waals surface area contributed by atoms with Gasteiger partial charge in [0, 0.05) is 48.6 Å². The Bertz CT molecular complexity index is 1450. The maximum absolute atomic E-state index is 5.98. The van der Waals surface area contributed by atoms with Crippen molar-refractivity contribution >= 4 is 29.0 Å². The fraction of sp³-hybridized carbons (Fsp3) is 0.412. The number of hydrogen-bond donors (Lipinski definition) is 1. The van der Waals surface area contributed by atoms with E-state index in [1.807, 2.05) is 36.4 Å². The molecule has 3 heterocycles. The van der Waals surface area contributed by atoms with Gasteiger partial charge in [0.2, 0.25) is 0 Å². The molecule has 1 aromatic heterocycles. The SMILES string of the molecule is COc1ccc(-c2nnc(NC3CCN(Cc4ccc(OCCN5CCCC5)cc4)CC3)c3cc(OC)ccc23)cc1.Cl. The molecule has 0 aliphatic carbocycles. The van der Waals surface area contributed by atoms with Gasteiger partial charge in [-0.25, -0.2) is 0 Å². The van der Waals surface area contributed by atoms with E-state index >= 15 is 0 Å². The first-order valence-corrected chi connectivity index (χ1v) is 15.1. The second-order valence-corrected chi connectivity index (χ2v) is 11.3. The molecule has 6 rings (SSSR count). The van der Waals surface area contributed by atoms with E-state index in [1.54, 1.807) is 14.2 Å². The molecule has 3 aromatic carbocycles. The molecule has 9 heteroatoms. The predicted molar refractivity (Wildman–Crippen MR) is 175 cm³/mol. The zero-order valence-electron chi connectivity index (χ0n) is 25.1. The third kappa shape index (κ3) is 7.68. The first-order valence-electron chi connectivity index (χ1n) is 15.1. The molecular weight excluding hydrogens is 562 g/mol. The zero-order chi connectivity index (χ0) is 28.7. The third-order valence-electron chi connectivity index (χ3n) is 8.48. The van der Waals surface area contributed by atoms with Gasteiger partial charge in [0.1, 0.15) is 29.5 Å². The average Bonchev–Trinajstić information content (AvgIpc) is 3.56. The summed E-state index contributed by atoms with van der Waals surface area (Å²) in [5.74, 6) is 3.39. The first-order chi connectivity index (χ1) is 20.7. The van der Waals surface area contributed by atoms with Crippen LogP contribution in [0.25, 0.3) is 22.0 Å². The third-order valence-corrected chi connectivity index (χ3v) is 8.48. The Kier molecular flexibility index (Phi) is 10.6. The van der Waals surface area contributed by atoms with Crippen molar-refractivity contribution in [3.05, 3.63) is 72.3 Å². The molecule has 8 nitrogen and oxygen atoms in total. The number of rotatable bonds is 11. The van der Waals surface area contributed by atoms with Crippen LogP contribution in [0.2, 0.25) is 0 Å². The number of benzene rings is 3. The molecule has 0 unspecified atom stereocenters. The van der Waals surface area contributed by atoms with Crippen LogP contribution in [0, 0.1) is 0 Å². The highest BCUT2D eigenvalue weighted by atomic mass is 35.5. The lowest BCUT2D eigenvalue weighted by Gasteiger charge is -2.32. The fourth-order valence-electron chi connectivity index (χ4n) is 6.01. The number of nitrogens with zero attached hydrogens (tertiary/aromatic N) is 4. The molecule has 228 valence electrons. The normalized spacial score (nSPS) is 16.1. The maximum atomic E-state index is 5.98. The van der Waals surface area contributed by atoms with E-state index in [0.29, 0.717) is 6.04 Å². The van der Waals surface area contributed by atoms with Crippen LogP contribution in [0.5, 0.6) is 17.2 Å². The van der Waals surface area contributed by atoms with Crippen LogP contribution < -0.4 is 19.5 Å². The molecule has 0 bridgehead atoms. The number of hydrogen-bond acceptors (Lipinski definition) is 8. The molecule has 0 radical (unpaired) electrons. The Labute approximate surface area is 260 Å². The van der Waals surface area contributed by atoms with Gasteiger partial charge in [-0.15, -0.1) is 22.6 Å². The van der Waals surface area contributed by atoms with Crippen molar-refractivity contribution in [2.75, 3.05) is 58.9 Å². The van der Waals surface area contributed by atoms with Gasteiger partial charge in [0.05, 0.1) is 14.2 Å². The monoisotopic (exact) mass is 603 g/mol. The molecule has 0 atom stereocenters. The molecular formula is C34H42ClN5O3. The molecule has 43 heavy (non-hydrogen) atoms. The van der Waals surface area contributed by atoms with Gasteiger partial charge in [-0.05, 0) is 98.9 Å². The van der Waals surface area contributed by atoms with Gasteiger partial charge in [-0.1, -0.05) is 12.1 Å². The van der Waals surface area contributed by atoms with Crippen molar-refractivity contribution in [3.8, 4) is 28.5 Å². The van der Waals surface area contributed by atoms with E-state index in [2.05, 4.69) is 55.6 Å². The number of anilines is 1. The number of fused-ring (bicyclic) bond motifs is 1. The molecule has 2 aliphatic rings. The summed E-state index contributed by atoms with van der Waals surface area (Å²) in [6.45, 7) is 7.23. The Morgan fingerprint density at radius 2 is 1.42 bits per heavy atom. The molecule has 0 spiro atoms. The van der Waals surface area contributed by atoms with Crippen LogP contribution in [-0.2, 0) is 6.54 Å². The highest BCUT2D eigenvalue weighted by Gasteiger charge is 2.21. The van der Waals surface area contributed by atoms with Crippen LogP contribution in [-0.4, -0.2) is 79.6 Å². The molecule has 2 fully saturated rings. The quantitative estimate of drug-likeness (QED) is 0.215. The highest BCUT2D eigenvalue weighted by Crippen LogP contribution is 2.34. The topological polar surface area (TPSA) is 72.0 Å². The molecule has 1 N–H and O–H groups in total. The van der Waals surface area contributed by atoms with E-state index in [4.69, 9.17) is 14.2 Å². The lowest BCUT2D eigenvalue weighted by Crippen LogP contribution is -2.38. The summed E-state index contributed by atoms with van der Waals surface area (Å²) in [7, 11) is 3.37. The van der Waals surface area contributed by atoms with Crippen molar-refractivity contribution < 1.29 is 14.2 Å². The van der Waals surface area contributed by atoms with Gasteiger partial charge in [0.25, 0.3) is 0 Å². The van der Waals surface area contributed by atoms with Crippen molar-refractivity contribution in [1.29, 1.82) is 0 Å². The predicted octanol–water partition coefficient (Wildman–Crippen LogP) is 6.29. The minimum absolute atomic E-state index is 0. The summed E-state index contributed by atoms with van der Waals surface area (Å²) >= 11 is 0. The Morgan fingerprint density at radius 1 is 0.744 bits per heavy atom. The summed E-state index contributed by atoms with van der Waals surface area (Å²) in [6.07, 6.45) is 4.73. The summed E-state index contributed by atoms with van der Waals surface area (Å²) in [5, 5.41) is 15.1. The van der Waals surface area contributed by atoms with Gasteiger partial charge in [0.15, 0.2) is 5.82 Å². The van der Waals surface area contributed by atoms with E-state index in [0.717, 1.165) is 90.7 Å². The standard InChI is InChI=1S/C34H41N5O3.ClH/c1-40-28-11-7-26(8-12-28)33-31-14-13-30(41-2)23-32(31)34(37-36-33)35-27-15-19-39(20-16-27)24-25-5-9-29(10-6-25)42-22-21-38-17-3-4-18-38;/h5-14,23,27H,3-4,15-22,24H2,1-2H3,(H,35,37);1H. The molecule has 0 saturated carbocycles. The number of likely N-dealkylation sites (tertiary alicyclic amines) is 2. The van der Waals surface area contributed by atoms with E-state index in [1.165, 1.54) is 31.5 Å². The second-order valence-electron chi connectivity index (χ2n) is 11.3. The Hall–Kier alpha value is -3.59. The number of nitrogens with one attached hydrogen (secondary N) is 1. The number of methoxy groups -OCH3 is 2. The smallest absolute Gasteiger partial charge is 0.156 e. The van der Waals surface area contributed by atoms with Crippen molar-refractivity contribution in [3.63, 3.8) is 0 Å². The lowest BCUT2D eigenvalue weighted by atomic mass is 10.0. The van der Waals surface area contributed by atoms with Gasteiger partial charge >= 0.3 is 0 Å². The highest BCUT2D eigenvalue weighted by molar-refractivity contribution is 6.00. The number of ether oxygens (including phenoxy) is 3. The van der Waals surface area contributed by atoms with Crippen LogP contribution in [0.1, 0.15) is 31.2 Å². The van der Waals surface area contributed by atoms with Crippen molar-refractivity contribution in [2.45, 2.75) is 38.3 Å². The van der Waals surface area contributed by atoms with Gasteiger partial charge < -0.3 is 19.5 Å². The fourth-order valence-corrected chi connectivity index (χ4v) is 6.01. The molecule has 4 aromatic rings. The largest absolute Gasteiger partial charge is 0.497 e.